The van der Waals surface area contributed by atoms with Gasteiger partial charge in [-0.05, 0) is 38.2 Å². The van der Waals surface area contributed by atoms with Gasteiger partial charge in [0.05, 0.1) is 17.4 Å². The number of nitrogens with one attached hydrogen (secondary N) is 1. The second kappa shape index (κ2) is 5.58. The maximum atomic E-state index is 12.3. The third kappa shape index (κ3) is 2.48. The second-order valence-corrected chi connectivity index (χ2v) is 7.20. The molecule has 0 aromatic carbocycles. The zero-order valence-corrected chi connectivity index (χ0v) is 12.9. The lowest BCUT2D eigenvalue weighted by Crippen LogP contribution is -2.11. The standard InChI is InChI=1S/C14H15N3OS2/c1-8(6-15)7-19-14-16-12(18)11-9-4-2-3-5-10(9)20-13(11)17-14/h8H,2-5,7H2,1H3,(H,16,17,18)/t8-/m1/s1. The highest BCUT2D eigenvalue weighted by Gasteiger charge is 2.19. The van der Waals surface area contributed by atoms with Gasteiger partial charge in [0.1, 0.15) is 4.83 Å². The maximum Gasteiger partial charge on any atom is 0.260 e. The molecule has 0 spiro atoms. The van der Waals surface area contributed by atoms with Crippen molar-refractivity contribution in [3.63, 3.8) is 0 Å². The average Bonchev–Trinajstić information content (AvgIpc) is 2.83. The van der Waals surface area contributed by atoms with Gasteiger partial charge in [0, 0.05) is 10.6 Å². The highest BCUT2D eigenvalue weighted by atomic mass is 32.2. The van der Waals surface area contributed by atoms with E-state index in [0.717, 1.165) is 29.5 Å². The van der Waals surface area contributed by atoms with E-state index in [1.54, 1.807) is 11.3 Å². The van der Waals surface area contributed by atoms with Crippen molar-refractivity contribution < 1.29 is 0 Å². The molecule has 1 atom stereocenters. The Morgan fingerprint density at radius 3 is 3.10 bits per heavy atom. The van der Waals surface area contributed by atoms with E-state index >= 15 is 0 Å². The van der Waals surface area contributed by atoms with Crippen LogP contribution in [0.25, 0.3) is 10.2 Å². The van der Waals surface area contributed by atoms with Crippen LogP contribution in [0.2, 0.25) is 0 Å². The van der Waals surface area contributed by atoms with E-state index in [1.165, 1.54) is 28.6 Å². The van der Waals surface area contributed by atoms with Crippen LogP contribution >= 0.6 is 23.1 Å². The van der Waals surface area contributed by atoms with Crippen LogP contribution < -0.4 is 5.56 Å². The van der Waals surface area contributed by atoms with Crippen molar-refractivity contribution in [3.05, 3.63) is 20.8 Å². The van der Waals surface area contributed by atoms with E-state index in [4.69, 9.17) is 5.26 Å². The van der Waals surface area contributed by atoms with E-state index < -0.39 is 0 Å². The van der Waals surface area contributed by atoms with Crippen molar-refractivity contribution >= 4 is 33.3 Å². The highest BCUT2D eigenvalue weighted by molar-refractivity contribution is 7.99. The van der Waals surface area contributed by atoms with Crippen molar-refractivity contribution in [2.45, 2.75) is 37.8 Å². The minimum absolute atomic E-state index is 0.0264. The molecule has 0 fully saturated rings. The molecule has 2 aromatic rings. The van der Waals surface area contributed by atoms with Gasteiger partial charge in [-0.15, -0.1) is 11.3 Å². The monoisotopic (exact) mass is 305 g/mol. The summed E-state index contributed by atoms with van der Waals surface area (Å²) in [5.41, 5.74) is 1.19. The Kier molecular flexibility index (Phi) is 3.81. The number of aryl methyl sites for hydroxylation is 2. The molecule has 1 aliphatic rings. The molecule has 0 radical (unpaired) electrons. The molecule has 0 saturated carbocycles. The van der Waals surface area contributed by atoms with Gasteiger partial charge in [-0.3, -0.25) is 4.79 Å². The van der Waals surface area contributed by atoms with Crippen LogP contribution in [0.15, 0.2) is 9.95 Å². The molecule has 0 aliphatic heterocycles. The third-order valence-corrected chi connectivity index (χ3v) is 5.81. The number of aromatic nitrogens is 2. The Balaban J connectivity index is 1.98. The topological polar surface area (TPSA) is 69.5 Å². The first kappa shape index (κ1) is 13.7. The fraction of sp³-hybridized carbons (Fsp3) is 0.500. The predicted octanol–water partition coefficient (Wildman–Crippen LogP) is 3.12. The predicted molar refractivity (Wildman–Crippen MR) is 82.4 cm³/mol. The van der Waals surface area contributed by atoms with Gasteiger partial charge in [0.15, 0.2) is 5.16 Å². The third-order valence-electron chi connectivity index (χ3n) is 3.49. The van der Waals surface area contributed by atoms with E-state index in [-0.39, 0.29) is 11.5 Å². The fourth-order valence-corrected chi connectivity index (χ4v) is 4.58. The number of nitriles is 1. The van der Waals surface area contributed by atoms with E-state index in [9.17, 15) is 4.79 Å². The molecular formula is C14H15N3OS2. The Hall–Kier alpha value is -1.32. The van der Waals surface area contributed by atoms with Gasteiger partial charge in [0.2, 0.25) is 0 Å². The molecule has 104 valence electrons. The molecule has 0 bridgehead atoms. The van der Waals surface area contributed by atoms with Crippen molar-refractivity contribution in [1.82, 2.24) is 9.97 Å². The van der Waals surface area contributed by atoms with Crippen molar-refractivity contribution in [3.8, 4) is 6.07 Å². The molecule has 0 amide bonds. The zero-order chi connectivity index (χ0) is 14.1. The smallest absolute Gasteiger partial charge is 0.260 e. The van der Waals surface area contributed by atoms with E-state index in [0.29, 0.717) is 10.9 Å². The van der Waals surface area contributed by atoms with Crippen LogP contribution in [0.4, 0.5) is 0 Å². The molecule has 0 unspecified atom stereocenters. The summed E-state index contributed by atoms with van der Waals surface area (Å²) in [6.07, 6.45) is 4.44. The zero-order valence-electron chi connectivity index (χ0n) is 11.2. The molecule has 6 heteroatoms. The van der Waals surface area contributed by atoms with Crippen LogP contribution in [0.3, 0.4) is 0 Å². The number of thiophene rings is 1. The first-order valence-corrected chi connectivity index (χ1v) is 8.56. The van der Waals surface area contributed by atoms with Gasteiger partial charge in [0.25, 0.3) is 5.56 Å². The first-order chi connectivity index (χ1) is 9.69. The number of hydrogen-bond acceptors (Lipinski definition) is 5. The number of fused-ring (bicyclic) bond motifs is 3. The van der Waals surface area contributed by atoms with Crippen LogP contribution in [0, 0.1) is 17.2 Å². The molecule has 3 rings (SSSR count). The summed E-state index contributed by atoms with van der Waals surface area (Å²) < 4.78 is 0. The summed E-state index contributed by atoms with van der Waals surface area (Å²) in [7, 11) is 0. The molecule has 2 aromatic heterocycles. The number of nitrogens with zero attached hydrogens (tertiary/aromatic N) is 2. The van der Waals surface area contributed by atoms with Gasteiger partial charge in [-0.2, -0.15) is 5.26 Å². The summed E-state index contributed by atoms with van der Waals surface area (Å²) in [4.78, 5) is 21.9. The lowest BCUT2D eigenvalue weighted by molar-refractivity contribution is 0.700. The minimum atomic E-state index is -0.0439. The van der Waals surface area contributed by atoms with Crippen LogP contribution in [0.5, 0.6) is 0 Å². The lowest BCUT2D eigenvalue weighted by atomic mass is 9.97. The van der Waals surface area contributed by atoms with Crippen LogP contribution in [-0.4, -0.2) is 15.7 Å². The van der Waals surface area contributed by atoms with Crippen molar-refractivity contribution in [2.24, 2.45) is 5.92 Å². The van der Waals surface area contributed by atoms with Gasteiger partial charge in [-0.1, -0.05) is 11.8 Å². The summed E-state index contributed by atoms with van der Waals surface area (Å²) in [6.45, 7) is 1.87. The summed E-state index contributed by atoms with van der Waals surface area (Å²) in [6, 6.07) is 2.19. The van der Waals surface area contributed by atoms with Gasteiger partial charge in [-0.25, -0.2) is 4.98 Å². The number of aromatic amines is 1. The quantitative estimate of drug-likeness (QED) is 0.698. The number of H-pyrrole nitrogens is 1. The Morgan fingerprint density at radius 1 is 1.50 bits per heavy atom. The fourth-order valence-electron chi connectivity index (χ4n) is 2.45. The summed E-state index contributed by atoms with van der Waals surface area (Å²) in [5, 5.41) is 10.2. The first-order valence-electron chi connectivity index (χ1n) is 6.76. The Labute approximate surface area is 125 Å². The Morgan fingerprint density at radius 2 is 2.30 bits per heavy atom. The molecule has 1 aliphatic carbocycles. The van der Waals surface area contributed by atoms with Crippen LogP contribution in [0.1, 0.15) is 30.2 Å². The van der Waals surface area contributed by atoms with Gasteiger partial charge < -0.3 is 4.98 Å². The number of hydrogen-bond donors (Lipinski definition) is 1. The van der Waals surface area contributed by atoms with Crippen molar-refractivity contribution in [2.75, 3.05) is 5.75 Å². The SMILES string of the molecule is C[C@H](C#N)CSc1nc2sc3c(c2c(=O)[nH]1)CCCC3. The molecular weight excluding hydrogens is 290 g/mol. The Bertz CT molecular complexity index is 741. The molecule has 4 nitrogen and oxygen atoms in total. The summed E-state index contributed by atoms with van der Waals surface area (Å²) >= 11 is 3.10. The minimum Gasteiger partial charge on any atom is -0.301 e. The molecule has 20 heavy (non-hydrogen) atoms. The number of thioether (sulfide) groups is 1. The number of rotatable bonds is 3. The molecule has 0 saturated heterocycles. The lowest BCUT2D eigenvalue weighted by Gasteiger charge is -2.09. The summed E-state index contributed by atoms with van der Waals surface area (Å²) in [5.74, 6) is 0.605. The second-order valence-electron chi connectivity index (χ2n) is 5.10. The largest absolute Gasteiger partial charge is 0.301 e. The van der Waals surface area contributed by atoms with E-state index in [1.807, 2.05) is 6.92 Å². The van der Waals surface area contributed by atoms with Gasteiger partial charge >= 0.3 is 0 Å². The molecule has 2 heterocycles. The normalized spacial score (nSPS) is 15.8. The van der Waals surface area contributed by atoms with Crippen LogP contribution in [-0.2, 0) is 12.8 Å². The molecule has 1 N–H and O–H groups in total. The highest BCUT2D eigenvalue weighted by Crippen LogP contribution is 2.34. The van der Waals surface area contributed by atoms with E-state index in [2.05, 4.69) is 16.0 Å². The average molecular weight is 305 g/mol. The maximum absolute atomic E-state index is 12.3. The van der Waals surface area contributed by atoms with Crippen molar-refractivity contribution in [1.29, 1.82) is 5.26 Å².